The van der Waals surface area contributed by atoms with E-state index in [9.17, 15) is 30.0 Å². The summed E-state index contributed by atoms with van der Waals surface area (Å²) < 4.78 is 0. The normalized spacial score (nSPS) is 51.7. The first-order valence-electron chi connectivity index (χ1n) is 37.6. The van der Waals surface area contributed by atoms with Crippen LogP contribution in [0.2, 0.25) is 0 Å². The molecule has 0 aromatic heterocycles. The van der Waals surface area contributed by atoms with E-state index in [1.54, 1.807) is 0 Å². The first-order chi connectivity index (χ1) is 40.8. The van der Waals surface area contributed by atoms with Gasteiger partial charge in [-0.3, -0.25) is 24.3 Å². The largest absolute Gasteiger partial charge is 0.390 e. The van der Waals surface area contributed by atoms with Gasteiger partial charge in [-0.1, -0.05) is 46.8 Å². The number of aliphatic hydroxyl groups excluding tert-OH is 1. The molecule has 3 heterocycles. The Kier molecular flexibility index (Phi) is 17.9. The number of fused-ring (bicyclic) bond motifs is 15. The molecular formula is C77H127N3O6. The molecule has 25 atom stereocenters. The van der Waals surface area contributed by atoms with Gasteiger partial charge in [0.25, 0.3) is 0 Å². The molecule has 1 unspecified atom stereocenters. The Bertz CT molecular complexity index is 2320. The Morgan fingerprint density at radius 3 is 1.15 bits per heavy atom. The molecule has 4 N–H and O–H groups in total. The number of nitrogens with zero attached hydrogens (tertiary/aromatic N) is 3. The lowest BCUT2D eigenvalue weighted by Crippen LogP contribution is -2.52. The molecule has 15 rings (SSSR count). The molecule has 0 aromatic carbocycles. The highest BCUT2D eigenvalue weighted by molar-refractivity contribution is 5.84. The number of hydrogen-bond donors (Lipinski definition) is 4. The fraction of sp³-hybridized carbons (Fsp3) is 0.948. The lowest BCUT2D eigenvalue weighted by atomic mass is 9.49. The monoisotopic (exact) mass is 1190 g/mol. The number of carbonyl (C=O) groups is 2. The maximum Gasteiger partial charge on any atom is 0.150 e. The maximum atomic E-state index is 13.5. The molecule has 0 bridgehead atoms. The molecule has 12 saturated carbocycles. The van der Waals surface area contributed by atoms with E-state index >= 15 is 0 Å². The number of rotatable bonds is 9. The highest BCUT2D eigenvalue weighted by atomic mass is 16.3. The van der Waals surface area contributed by atoms with Gasteiger partial charge in [-0.2, -0.15) is 0 Å². The van der Waals surface area contributed by atoms with Gasteiger partial charge >= 0.3 is 0 Å². The van der Waals surface area contributed by atoms with E-state index in [2.05, 4.69) is 76.7 Å². The van der Waals surface area contributed by atoms with Crippen molar-refractivity contribution in [3.05, 3.63) is 12.2 Å². The Morgan fingerprint density at radius 1 is 0.395 bits per heavy atom. The number of carbonyl (C=O) groups excluding carboxylic acids is 2. The van der Waals surface area contributed by atoms with Crippen LogP contribution in [0.5, 0.6) is 0 Å². The molecule has 12 aliphatic carbocycles. The van der Waals surface area contributed by atoms with Gasteiger partial charge in [-0.05, 0) is 336 Å². The molecule has 486 valence electrons. The van der Waals surface area contributed by atoms with Gasteiger partial charge in [0.2, 0.25) is 0 Å². The second-order valence-electron chi connectivity index (χ2n) is 36.8. The number of β-amino-alcohol motifs (C(OH)–C–C–N with tert-alkyl or cyclic N) is 1. The highest BCUT2D eigenvalue weighted by Gasteiger charge is 2.62. The second-order valence-corrected chi connectivity index (χ2v) is 36.8. The quantitative estimate of drug-likeness (QED) is 0.167. The van der Waals surface area contributed by atoms with E-state index in [-0.39, 0.29) is 16.9 Å². The molecule has 0 spiro atoms. The minimum atomic E-state index is -0.423. The molecular weight excluding hydrogens is 1060 g/mol. The van der Waals surface area contributed by atoms with Gasteiger partial charge in [0.1, 0.15) is 11.6 Å². The second kappa shape index (κ2) is 24.3. The predicted molar refractivity (Wildman–Crippen MR) is 346 cm³/mol. The van der Waals surface area contributed by atoms with Crippen molar-refractivity contribution in [2.24, 2.45) is 135 Å². The Balaban J connectivity index is 0.000000120. The fourth-order valence-electron chi connectivity index (χ4n) is 27.1. The molecule has 15 aliphatic rings. The molecule has 0 aromatic rings. The van der Waals surface area contributed by atoms with Crippen molar-refractivity contribution in [3.63, 3.8) is 0 Å². The Morgan fingerprint density at radius 2 is 0.756 bits per heavy atom. The predicted octanol–water partition coefficient (Wildman–Crippen LogP) is 14.1. The van der Waals surface area contributed by atoms with Crippen LogP contribution in [-0.2, 0) is 9.59 Å². The first kappa shape index (κ1) is 63.6. The number of ketones is 2. The van der Waals surface area contributed by atoms with Crippen molar-refractivity contribution >= 4 is 11.6 Å². The summed E-state index contributed by atoms with van der Waals surface area (Å²) >= 11 is 0. The van der Waals surface area contributed by atoms with E-state index < -0.39 is 16.8 Å². The summed E-state index contributed by atoms with van der Waals surface area (Å²) in [4.78, 5) is 33.9. The maximum absolute atomic E-state index is 13.5. The molecule has 0 radical (unpaired) electrons. The SMILES string of the molecule is C=C(CN1CC(O)C1)[C@H]1CC[C@H]2[C@@H]3CC[C@@H]4C[C@](C)(O)CC[C@@H]4[C@H]3CC[C@]12C.CC1CCCN(CC(=O)[C@H]2CC[C@H]3[C@@H]4CC[C@@H]5C[C@](C)(O)CC[C@@H]5[C@H]4CC[C@]23C)C1.CC1CN(CC(=O)[C@H]2CC[C@H]3[C@@H]4CC[C@H]5C[C@](C)(O)CC[C@@H]5[C@H]4CC[C@]23C)C1. The standard InChI is InChI=1S/C27H45NO2.2C25H41NO2/c1-18-5-4-14-28(16-18)17-25(29)24-9-8-23-22-7-6-19-15-26(2,30)12-10-20(19)21(22)11-13-27(23,24)3;1-16(13-26-14-18(27)15-26)22-6-7-23-21-5-4-17-12-24(2,28)10-8-19(17)20(21)9-11-25(22,23)3;1-16-13-26(14-16)15-23(27)22-7-6-21-20-5-4-17-12-24(2,28)10-8-18(17)19(20)9-11-25(21,22)3/h18-24,30H,4-17H2,1-3H3;17-23,27-28H,1,4-15H2,2-3H3;16-22,28H,4-15H2,1-3H3/t18?,19-,20+,21-,22-,23+,24-,26-,27+;17-,19+,20-,21-,22-,23+,24-,25-;17-,18-,19+,20+,21-,22+,24+,25-/m110/s1. The first-order valence-corrected chi connectivity index (χ1v) is 37.6. The van der Waals surface area contributed by atoms with Crippen LogP contribution in [0.3, 0.4) is 0 Å². The van der Waals surface area contributed by atoms with Crippen molar-refractivity contribution in [2.75, 3.05) is 58.9 Å². The number of likely N-dealkylation sites (tertiary alicyclic amines) is 3. The fourth-order valence-corrected chi connectivity index (χ4v) is 27.1. The minimum absolute atomic E-state index is 0.110. The lowest BCUT2D eigenvalue weighted by molar-refractivity contribution is -0.135. The van der Waals surface area contributed by atoms with Crippen LogP contribution < -0.4 is 0 Å². The van der Waals surface area contributed by atoms with Gasteiger partial charge in [0.15, 0.2) is 0 Å². The molecule has 15 fully saturated rings. The van der Waals surface area contributed by atoms with Crippen LogP contribution in [0, 0.1) is 135 Å². The summed E-state index contributed by atoms with van der Waals surface area (Å²) in [6.07, 6.45) is 36.0. The Labute approximate surface area is 523 Å². The summed E-state index contributed by atoms with van der Waals surface area (Å²) in [6, 6.07) is 0. The Hall–Kier alpha value is -1.20. The highest BCUT2D eigenvalue weighted by Crippen LogP contribution is 2.68. The number of piperidine rings is 1. The van der Waals surface area contributed by atoms with Crippen molar-refractivity contribution in [1.82, 2.24) is 14.7 Å². The van der Waals surface area contributed by atoms with Crippen LogP contribution in [0.1, 0.15) is 242 Å². The topological polar surface area (TPSA) is 125 Å². The zero-order valence-corrected chi connectivity index (χ0v) is 56.1. The number of hydrogen-bond acceptors (Lipinski definition) is 9. The van der Waals surface area contributed by atoms with Crippen LogP contribution in [0.25, 0.3) is 0 Å². The van der Waals surface area contributed by atoms with Crippen molar-refractivity contribution in [2.45, 2.75) is 265 Å². The average Bonchev–Trinajstić information content (AvgIpc) is 2.89. The zero-order chi connectivity index (χ0) is 60.5. The number of Topliss-reactive ketones (excluding diaryl/α,β-unsaturated/α-hetero) is 2. The molecule has 86 heavy (non-hydrogen) atoms. The van der Waals surface area contributed by atoms with Crippen LogP contribution in [0.4, 0.5) is 0 Å². The van der Waals surface area contributed by atoms with Crippen molar-refractivity contribution in [1.29, 1.82) is 0 Å². The molecule has 3 saturated heterocycles. The van der Waals surface area contributed by atoms with Crippen LogP contribution in [-0.4, -0.2) is 129 Å². The van der Waals surface area contributed by atoms with E-state index in [1.165, 1.54) is 140 Å². The van der Waals surface area contributed by atoms with Crippen LogP contribution >= 0.6 is 0 Å². The third kappa shape index (κ3) is 12.1. The summed E-state index contributed by atoms with van der Waals surface area (Å²) in [7, 11) is 0. The number of aliphatic hydroxyl groups is 4. The van der Waals surface area contributed by atoms with Crippen molar-refractivity contribution < 1.29 is 30.0 Å². The van der Waals surface area contributed by atoms with E-state index in [0.717, 1.165) is 198 Å². The summed E-state index contributed by atoms with van der Waals surface area (Å²) in [5.41, 5.74) is 1.17. The van der Waals surface area contributed by atoms with E-state index in [4.69, 9.17) is 0 Å². The van der Waals surface area contributed by atoms with Gasteiger partial charge in [0.05, 0.1) is 36.0 Å². The minimum Gasteiger partial charge on any atom is -0.390 e. The molecule has 0 amide bonds. The van der Waals surface area contributed by atoms with Gasteiger partial charge < -0.3 is 20.4 Å². The summed E-state index contributed by atoms with van der Waals surface area (Å²) in [5.74, 6) is 16.5. The molecule has 3 aliphatic heterocycles. The average molecular weight is 1190 g/mol. The summed E-state index contributed by atoms with van der Waals surface area (Å²) in [5, 5.41) is 41.4. The van der Waals surface area contributed by atoms with E-state index in [0.29, 0.717) is 47.8 Å². The van der Waals surface area contributed by atoms with Gasteiger partial charge in [-0.25, -0.2) is 0 Å². The third-order valence-corrected chi connectivity index (χ3v) is 31.0. The third-order valence-electron chi connectivity index (χ3n) is 31.0. The van der Waals surface area contributed by atoms with Crippen molar-refractivity contribution in [3.8, 4) is 0 Å². The molecule has 9 nitrogen and oxygen atoms in total. The molecule has 9 heteroatoms. The van der Waals surface area contributed by atoms with Crippen LogP contribution in [0.15, 0.2) is 12.2 Å². The van der Waals surface area contributed by atoms with Gasteiger partial charge in [-0.15, -0.1) is 0 Å². The van der Waals surface area contributed by atoms with Gasteiger partial charge in [0, 0.05) is 51.1 Å². The summed E-state index contributed by atoms with van der Waals surface area (Å²) in [6.45, 7) is 31.5. The lowest BCUT2D eigenvalue weighted by Gasteiger charge is -2.57. The zero-order valence-electron chi connectivity index (χ0n) is 56.1. The smallest absolute Gasteiger partial charge is 0.150 e. The van der Waals surface area contributed by atoms with E-state index in [1.807, 2.05) is 0 Å².